The first-order chi connectivity index (χ1) is 13.0. The van der Waals surface area contributed by atoms with Crippen LogP contribution in [-0.4, -0.2) is 35.2 Å². The minimum Gasteiger partial charge on any atom is -0.405 e. The van der Waals surface area contributed by atoms with Gasteiger partial charge in [-0.15, -0.1) is 11.3 Å². The van der Waals surface area contributed by atoms with Crippen LogP contribution in [0.1, 0.15) is 10.7 Å². The summed E-state index contributed by atoms with van der Waals surface area (Å²) in [5.41, 5.74) is 6.52. The average Bonchev–Trinajstić information content (AvgIpc) is 3.29. The first-order valence-corrected chi connectivity index (χ1v) is 8.79. The van der Waals surface area contributed by atoms with Gasteiger partial charge in [0.15, 0.2) is 11.5 Å². The lowest BCUT2D eigenvalue weighted by Gasteiger charge is -2.04. The predicted octanol–water partition coefficient (Wildman–Crippen LogP) is 1.29. The fraction of sp³-hybridized carbons (Fsp3) is 0.188. The van der Waals surface area contributed by atoms with E-state index in [-0.39, 0.29) is 24.2 Å². The quantitative estimate of drug-likeness (QED) is 0.445. The van der Waals surface area contributed by atoms with Gasteiger partial charge in [-0.25, -0.2) is 14.1 Å². The van der Waals surface area contributed by atoms with Crippen molar-refractivity contribution >= 4 is 38.3 Å². The number of halogens is 1. The van der Waals surface area contributed by atoms with Crippen LogP contribution >= 0.6 is 11.3 Å². The second-order valence-corrected chi connectivity index (χ2v) is 7.01. The summed E-state index contributed by atoms with van der Waals surface area (Å²) in [6.07, 6.45) is 5.71. The van der Waals surface area contributed by atoms with E-state index in [1.165, 1.54) is 34.5 Å². The molecule has 138 valence electrons. The Morgan fingerprint density at radius 1 is 1.52 bits per heavy atom. The van der Waals surface area contributed by atoms with Gasteiger partial charge in [-0.05, 0) is 12.3 Å². The molecule has 0 saturated carbocycles. The number of hydrogen-bond donors (Lipinski definition) is 3. The Bertz CT molecular complexity index is 1260. The second-order valence-electron chi connectivity index (χ2n) is 5.93. The summed E-state index contributed by atoms with van der Waals surface area (Å²) >= 11 is 1.38. The molecule has 4 rings (SSSR count). The zero-order chi connectivity index (χ0) is 19.1. The molecule has 0 fully saturated rings. The number of nitrogens with two attached hydrogens (primary N) is 1. The number of allylic oxidation sites excluding steroid dienone is 1. The Balaban J connectivity index is 1.79. The molecule has 4 N–H and O–H groups in total. The number of rotatable bonds is 5. The second kappa shape index (κ2) is 6.43. The van der Waals surface area contributed by atoms with E-state index in [0.29, 0.717) is 27.3 Å². The highest BCUT2D eigenvalue weighted by Gasteiger charge is 2.19. The van der Waals surface area contributed by atoms with Gasteiger partial charge in [-0.1, -0.05) is 0 Å². The van der Waals surface area contributed by atoms with E-state index < -0.39 is 5.82 Å². The van der Waals surface area contributed by atoms with Crippen molar-refractivity contribution in [1.82, 2.24) is 29.5 Å². The van der Waals surface area contributed by atoms with Crippen molar-refractivity contribution in [3.8, 4) is 0 Å². The van der Waals surface area contributed by atoms with Gasteiger partial charge in [0.25, 0.3) is 5.56 Å². The summed E-state index contributed by atoms with van der Waals surface area (Å²) < 4.78 is 17.3. The zero-order valence-electron chi connectivity index (χ0n) is 14.2. The molecular weight excluding hydrogens is 371 g/mol. The number of nitrogens with zero attached hydrogens (tertiary/aromatic N) is 5. The number of aryl methyl sites for hydroxylation is 1. The average molecular weight is 386 g/mol. The maximum absolute atomic E-state index is 13.6. The van der Waals surface area contributed by atoms with Gasteiger partial charge in [-0.3, -0.25) is 9.89 Å². The molecule has 0 unspecified atom stereocenters. The van der Waals surface area contributed by atoms with E-state index in [1.807, 2.05) is 0 Å². The van der Waals surface area contributed by atoms with E-state index in [4.69, 9.17) is 11.1 Å². The van der Waals surface area contributed by atoms with E-state index in [0.717, 1.165) is 4.70 Å². The van der Waals surface area contributed by atoms with Crippen LogP contribution in [0.15, 0.2) is 29.5 Å². The first-order valence-electron chi connectivity index (χ1n) is 7.97. The number of aromatic amines is 1. The summed E-state index contributed by atoms with van der Waals surface area (Å²) in [6, 6.07) is 0. The molecule has 0 aromatic carbocycles. The van der Waals surface area contributed by atoms with E-state index >= 15 is 0 Å². The van der Waals surface area contributed by atoms with Crippen molar-refractivity contribution in [1.29, 1.82) is 5.41 Å². The Labute approximate surface area is 155 Å². The fourth-order valence-electron chi connectivity index (χ4n) is 2.92. The van der Waals surface area contributed by atoms with Crippen LogP contribution in [0.5, 0.6) is 0 Å². The highest BCUT2D eigenvalue weighted by atomic mass is 32.1. The smallest absolute Gasteiger partial charge is 0.291 e. The van der Waals surface area contributed by atoms with E-state index in [1.54, 1.807) is 17.8 Å². The normalized spacial score (nSPS) is 11.9. The maximum Gasteiger partial charge on any atom is 0.291 e. The molecule has 0 aliphatic rings. The standard InChI is InChI=1S/C16H15FN8OS/c1-24-13-9(5-21-25(16(13)26)7-8(19)2-3-18)14-15(24)22-12(27-14)4-11-10(17)6-20-23-11/h2-3,5-6,19H,4,7,18H2,1H3,(H,20,23)/b3-2-,19-8?. The Morgan fingerprint density at radius 3 is 3.04 bits per heavy atom. The number of hydrogen-bond acceptors (Lipinski definition) is 7. The van der Waals surface area contributed by atoms with Gasteiger partial charge >= 0.3 is 0 Å². The first kappa shape index (κ1) is 17.1. The minimum atomic E-state index is -0.405. The summed E-state index contributed by atoms with van der Waals surface area (Å²) in [4.78, 5) is 17.3. The van der Waals surface area contributed by atoms with Gasteiger partial charge in [0.05, 0.1) is 29.4 Å². The fourth-order valence-corrected chi connectivity index (χ4v) is 4.03. The number of aromatic nitrogens is 6. The molecule has 4 aromatic rings. The minimum absolute atomic E-state index is 0.0262. The van der Waals surface area contributed by atoms with Crippen molar-refractivity contribution in [3.05, 3.63) is 51.5 Å². The molecule has 9 nitrogen and oxygen atoms in total. The molecule has 0 aliphatic heterocycles. The largest absolute Gasteiger partial charge is 0.405 e. The maximum atomic E-state index is 13.6. The van der Waals surface area contributed by atoms with Gasteiger partial charge in [0.1, 0.15) is 16.2 Å². The summed E-state index contributed by atoms with van der Waals surface area (Å²) in [5, 5.41) is 19.7. The Hall–Kier alpha value is -3.34. The Kier molecular flexibility index (Phi) is 4.07. The Morgan fingerprint density at radius 2 is 2.33 bits per heavy atom. The molecule has 4 heterocycles. The van der Waals surface area contributed by atoms with E-state index in [9.17, 15) is 9.18 Å². The molecular formula is C16H15FN8OS. The van der Waals surface area contributed by atoms with Crippen LogP contribution in [0, 0.1) is 11.2 Å². The van der Waals surface area contributed by atoms with Gasteiger partial charge < -0.3 is 15.7 Å². The summed E-state index contributed by atoms with van der Waals surface area (Å²) in [7, 11) is 1.75. The lowest BCUT2D eigenvalue weighted by atomic mass is 10.3. The molecule has 0 amide bonds. The predicted molar refractivity (Wildman–Crippen MR) is 101 cm³/mol. The molecule has 0 aliphatic carbocycles. The van der Waals surface area contributed by atoms with Gasteiger partial charge in [-0.2, -0.15) is 10.2 Å². The molecule has 27 heavy (non-hydrogen) atoms. The highest BCUT2D eigenvalue weighted by Crippen LogP contribution is 2.31. The van der Waals surface area contributed by atoms with Crippen molar-refractivity contribution in [2.24, 2.45) is 12.8 Å². The van der Waals surface area contributed by atoms with Crippen LogP contribution in [0.3, 0.4) is 0 Å². The van der Waals surface area contributed by atoms with Gasteiger partial charge in [0.2, 0.25) is 0 Å². The van der Waals surface area contributed by atoms with Gasteiger partial charge in [0, 0.05) is 18.9 Å². The van der Waals surface area contributed by atoms with Crippen LogP contribution in [0.2, 0.25) is 0 Å². The molecule has 0 spiro atoms. The SMILES string of the molecule is Cn1c2nc(Cc3n[nH]cc3F)sc2c2cnn(CC(=N)/C=C\N)c(=O)c21. The van der Waals surface area contributed by atoms with Crippen LogP contribution in [0.25, 0.3) is 21.3 Å². The van der Waals surface area contributed by atoms with Crippen molar-refractivity contribution in [2.45, 2.75) is 13.0 Å². The lowest BCUT2D eigenvalue weighted by molar-refractivity contribution is 0.614. The molecule has 0 saturated heterocycles. The monoisotopic (exact) mass is 386 g/mol. The van der Waals surface area contributed by atoms with Crippen LogP contribution in [-0.2, 0) is 20.0 Å². The zero-order valence-corrected chi connectivity index (χ0v) is 15.0. The number of nitrogens with one attached hydrogen (secondary N) is 2. The third-order valence-electron chi connectivity index (χ3n) is 4.17. The number of fused-ring (bicyclic) bond motifs is 3. The van der Waals surface area contributed by atoms with E-state index in [2.05, 4.69) is 20.3 Å². The highest BCUT2D eigenvalue weighted by molar-refractivity contribution is 7.19. The number of H-pyrrole nitrogens is 1. The molecule has 11 heteroatoms. The number of thiazole rings is 1. The van der Waals surface area contributed by atoms with Crippen molar-refractivity contribution in [2.75, 3.05) is 0 Å². The molecule has 0 bridgehead atoms. The van der Waals surface area contributed by atoms with Crippen LogP contribution in [0.4, 0.5) is 4.39 Å². The lowest BCUT2D eigenvalue weighted by Crippen LogP contribution is -2.26. The molecule has 0 radical (unpaired) electrons. The van der Waals surface area contributed by atoms with Crippen molar-refractivity contribution < 1.29 is 4.39 Å². The molecule has 4 aromatic heterocycles. The third-order valence-corrected chi connectivity index (χ3v) is 5.25. The topological polar surface area (TPSA) is 131 Å². The van der Waals surface area contributed by atoms with Crippen molar-refractivity contribution in [3.63, 3.8) is 0 Å². The third kappa shape index (κ3) is 2.81. The molecule has 0 atom stereocenters. The summed E-state index contributed by atoms with van der Waals surface area (Å²) in [6.45, 7) is 0.0262. The van der Waals surface area contributed by atoms with Crippen LogP contribution < -0.4 is 11.3 Å². The summed E-state index contributed by atoms with van der Waals surface area (Å²) in [5.74, 6) is -0.405.